The lowest BCUT2D eigenvalue weighted by atomic mass is 10.0. The topological polar surface area (TPSA) is 122 Å². The molecule has 0 fully saturated rings. The Morgan fingerprint density at radius 2 is 1.61 bits per heavy atom. The minimum atomic E-state index is -0.976. The fraction of sp³-hybridized carbons (Fsp3) is 0.125. The minimum Gasteiger partial charge on any atom is -0.508 e. The van der Waals surface area contributed by atoms with Gasteiger partial charge in [-0.1, -0.05) is 30.3 Å². The summed E-state index contributed by atoms with van der Waals surface area (Å²) in [7, 11) is 0. The van der Waals surface area contributed by atoms with Crippen LogP contribution in [-0.2, 0) is 4.79 Å². The predicted molar refractivity (Wildman–Crippen MR) is 122 cm³/mol. The Morgan fingerprint density at radius 3 is 2.21 bits per heavy atom. The Kier molecular flexibility index (Phi) is 6.12. The summed E-state index contributed by atoms with van der Waals surface area (Å²) >= 11 is 0. The number of anilines is 1. The molecule has 33 heavy (non-hydrogen) atoms. The minimum absolute atomic E-state index is 0.0668. The highest BCUT2D eigenvalue weighted by Gasteiger charge is 2.24. The van der Waals surface area contributed by atoms with Crippen molar-refractivity contribution in [1.29, 1.82) is 0 Å². The van der Waals surface area contributed by atoms with Crippen LogP contribution in [0.1, 0.15) is 33.1 Å². The van der Waals surface area contributed by atoms with Gasteiger partial charge in [0.2, 0.25) is 0 Å². The Morgan fingerprint density at radius 1 is 0.939 bits per heavy atom. The average Bonchev–Trinajstić information content (AvgIpc) is 3.35. The van der Waals surface area contributed by atoms with Crippen molar-refractivity contribution in [3.63, 3.8) is 0 Å². The van der Waals surface area contributed by atoms with Crippen LogP contribution in [-0.4, -0.2) is 37.1 Å². The Balaban J connectivity index is 1.59. The second kappa shape index (κ2) is 9.31. The van der Waals surface area contributed by atoms with Gasteiger partial charge in [-0.15, -0.1) is 5.10 Å². The number of hydrogen-bond acceptors (Lipinski definition) is 6. The maximum absolute atomic E-state index is 13.3. The molecule has 0 aliphatic heterocycles. The first-order valence-corrected chi connectivity index (χ1v) is 10.2. The Labute approximate surface area is 190 Å². The van der Waals surface area contributed by atoms with Gasteiger partial charge in [-0.3, -0.25) is 9.59 Å². The molecular formula is C24H22N6O3. The van der Waals surface area contributed by atoms with E-state index in [1.165, 1.54) is 23.1 Å². The number of amides is 2. The van der Waals surface area contributed by atoms with Gasteiger partial charge in [0, 0.05) is 11.3 Å². The number of aromatic nitrogens is 4. The molecule has 0 spiro atoms. The molecule has 0 unspecified atom stereocenters. The van der Waals surface area contributed by atoms with E-state index in [1.807, 2.05) is 32.0 Å². The van der Waals surface area contributed by atoms with Crippen molar-refractivity contribution in [1.82, 2.24) is 25.5 Å². The normalized spacial score (nSPS) is 11.6. The van der Waals surface area contributed by atoms with E-state index in [0.29, 0.717) is 22.5 Å². The number of aryl methyl sites for hydroxylation is 2. The first-order chi connectivity index (χ1) is 15.9. The van der Waals surface area contributed by atoms with Crippen molar-refractivity contribution in [2.24, 2.45) is 0 Å². The number of phenolic OH excluding ortho intramolecular Hbond substituents is 1. The van der Waals surface area contributed by atoms with E-state index in [1.54, 1.807) is 36.4 Å². The number of rotatable bonds is 6. The van der Waals surface area contributed by atoms with Crippen LogP contribution in [0.5, 0.6) is 5.75 Å². The molecule has 1 heterocycles. The van der Waals surface area contributed by atoms with Gasteiger partial charge < -0.3 is 15.7 Å². The molecule has 3 aromatic carbocycles. The summed E-state index contributed by atoms with van der Waals surface area (Å²) in [5.41, 5.74) is 4.13. The quantitative estimate of drug-likeness (QED) is 0.422. The zero-order valence-corrected chi connectivity index (χ0v) is 18.1. The number of phenols is 1. The van der Waals surface area contributed by atoms with E-state index >= 15 is 0 Å². The summed E-state index contributed by atoms with van der Waals surface area (Å²) in [5, 5.41) is 26.4. The number of tetrazole rings is 1. The SMILES string of the molecule is Cc1cccc(C)c1NC(=O)[C@H](NC(=O)c1ccc(-n2cnnn2)cc1)c1ccc(O)cc1. The van der Waals surface area contributed by atoms with Crippen molar-refractivity contribution < 1.29 is 14.7 Å². The predicted octanol–water partition coefficient (Wildman–Crippen LogP) is 3.09. The molecule has 1 aromatic heterocycles. The number of nitrogens with one attached hydrogen (secondary N) is 2. The van der Waals surface area contributed by atoms with Crippen LogP contribution >= 0.6 is 0 Å². The van der Waals surface area contributed by atoms with Crippen LogP contribution in [0.25, 0.3) is 5.69 Å². The van der Waals surface area contributed by atoms with E-state index in [-0.39, 0.29) is 5.75 Å². The third kappa shape index (κ3) is 4.87. The van der Waals surface area contributed by atoms with Gasteiger partial charge in [0.15, 0.2) is 0 Å². The number of para-hydroxylation sites is 1. The number of carbonyl (C=O) groups excluding carboxylic acids is 2. The average molecular weight is 442 g/mol. The molecule has 0 aliphatic rings. The maximum atomic E-state index is 13.3. The molecule has 0 saturated carbocycles. The molecule has 9 heteroatoms. The van der Waals surface area contributed by atoms with Gasteiger partial charge in [-0.2, -0.15) is 0 Å². The second-order valence-corrected chi connectivity index (χ2v) is 7.56. The molecule has 4 aromatic rings. The van der Waals surface area contributed by atoms with Crippen LogP contribution in [0.3, 0.4) is 0 Å². The fourth-order valence-electron chi connectivity index (χ4n) is 3.43. The molecule has 1 atom stereocenters. The monoisotopic (exact) mass is 442 g/mol. The zero-order valence-electron chi connectivity index (χ0n) is 18.1. The summed E-state index contributed by atoms with van der Waals surface area (Å²) in [6.07, 6.45) is 1.45. The summed E-state index contributed by atoms with van der Waals surface area (Å²) < 4.78 is 1.47. The molecular weight excluding hydrogens is 420 g/mol. The van der Waals surface area contributed by atoms with E-state index in [9.17, 15) is 14.7 Å². The number of hydrogen-bond donors (Lipinski definition) is 3. The van der Waals surface area contributed by atoms with Crippen LogP contribution in [0.2, 0.25) is 0 Å². The van der Waals surface area contributed by atoms with Crippen LogP contribution in [0.4, 0.5) is 5.69 Å². The molecule has 0 saturated heterocycles. The van der Waals surface area contributed by atoms with Gasteiger partial charge in [0.05, 0.1) is 5.69 Å². The molecule has 9 nitrogen and oxygen atoms in total. The maximum Gasteiger partial charge on any atom is 0.252 e. The van der Waals surface area contributed by atoms with Crippen molar-refractivity contribution in [2.45, 2.75) is 19.9 Å². The van der Waals surface area contributed by atoms with Crippen LogP contribution < -0.4 is 10.6 Å². The first kappa shape index (κ1) is 21.7. The van der Waals surface area contributed by atoms with Gasteiger partial charge in [-0.25, -0.2) is 4.68 Å². The van der Waals surface area contributed by atoms with Crippen LogP contribution in [0.15, 0.2) is 73.1 Å². The molecule has 0 aliphatic carbocycles. The van der Waals surface area contributed by atoms with Crippen molar-refractivity contribution in [3.05, 3.63) is 95.3 Å². The smallest absolute Gasteiger partial charge is 0.252 e. The van der Waals surface area contributed by atoms with Crippen molar-refractivity contribution in [2.75, 3.05) is 5.32 Å². The lowest BCUT2D eigenvalue weighted by Gasteiger charge is -2.21. The summed E-state index contributed by atoms with van der Waals surface area (Å²) in [6, 6.07) is 17.6. The number of nitrogens with zero attached hydrogens (tertiary/aromatic N) is 4. The summed E-state index contributed by atoms with van der Waals surface area (Å²) in [5.74, 6) is -0.748. The van der Waals surface area contributed by atoms with Crippen LogP contribution in [0, 0.1) is 13.8 Å². The molecule has 4 rings (SSSR count). The standard InChI is InChI=1S/C24H22N6O3/c1-15-4-3-5-16(2)21(15)26-24(33)22(17-8-12-20(31)13-9-17)27-23(32)18-6-10-19(11-7-18)30-14-25-28-29-30/h3-14,22,31H,1-2H3,(H,26,33)(H,27,32)/t22-/m1/s1. The number of benzene rings is 3. The first-order valence-electron chi connectivity index (χ1n) is 10.2. The molecule has 3 N–H and O–H groups in total. The largest absolute Gasteiger partial charge is 0.508 e. The fourth-order valence-corrected chi connectivity index (χ4v) is 3.43. The summed E-state index contributed by atoms with van der Waals surface area (Å²) in [6.45, 7) is 3.81. The molecule has 166 valence electrons. The molecule has 0 radical (unpaired) electrons. The van der Waals surface area contributed by atoms with E-state index in [0.717, 1.165) is 11.1 Å². The lowest BCUT2D eigenvalue weighted by molar-refractivity contribution is -0.118. The van der Waals surface area contributed by atoms with Gasteiger partial charge in [0.25, 0.3) is 11.8 Å². The Hall–Kier alpha value is -4.53. The highest BCUT2D eigenvalue weighted by atomic mass is 16.3. The third-order valence-corrected chi connectivity index (χ3v) is 5.24. The van der Waals surface area contributed by atoms with Gasteiger partial charge in [0.1, 0.15) is 18.1 Å². The molecule has 2 amide bonds. The van der Waals surface area contributed by atoms with E-state index < -0.39 is 17.9 Å². The second-order valence-electron chi connectivity index (χ2n) is 7.56. The number of carbonyl (C=O) groups is 2. The zero-order chi connectivity index (χ0) is 23.4. The summed E-state index contributed by atoms with van der Waals surface area (Å²) in [4.78, 5) is 26.3. The lowest BCUT2D eigenvalue weighted by Crippen LogP contribution is -2.37. The highest BCUT2D eigenvalue weighted by Crippen LogP contribution is 2.24. The highest BCUT2D eigenvalue weighted by molar-refractivity contribution is 6.02. The van der Waals surface area contributed by atoms with Gasteiger partial charge >= 0.3 is 0 Å². The number of aromatic hydroxyl groups is 1. The third-order valence-electron chi connectivity index (χ3n) is 5.24. The van der Waals surface area contributed by atoms with Crippen molar-refractivity contribution in [3.8, 4) is 11.4 Å². The van der Waals surface area contributed by atoms with Gasteiger partial charge in [-0.05, 0) is 77.4 Å². The van der Waals surface area contributed by atoms with Crippen molar-refractivity contribution >= 4 is 17.5 Å². The van der Waals surface area contributed by atoms with E-state index in [4.69, 9.17) is 0 Å². The molecule has 0 bridgehead atoms. The van der Waals surface area contributed by atoms with E-state index in [2.05, 4.69) is 26.2 Å². The Bertz CT molecular complexity index is 1250.